The Balaban J connectivity index is 0.000000399. The van der Waals surface area contributed by atoms with Gasteiger partial charge in [-0.15, -0.1) is 0 Å². The fourth-order valence-corrected chi connectivity index (χ4v) is 2.08. The highest BCUT2D eigenvalue weighted by Gasteiger charge is 2.11. The fourth-order valence-electron chi connectivity index (χ4n) is 2.08. The van der Waals surface area contributed by atoms with Gasteiger partial charge in [-0.1, -0.05) is 6.42 Å². The normalized spacial score (nSPS) is 15.5. The number of carbonyl (C=O) groups is 1. The quantitative estimate of drug-likeness (QED) is 0.898. The molecule has 5 heteroatoms. The maximum atomic E-state index is 12.9. The number of hydrogen-bond donors (Lipinski definition) is 1. The summed E-state index contributed by atoms with van der Waals surface area (Å²) in [5.74, 6) is -1.80. The molecular formula is C14H19F2NO2. The van der Waals surface area contributed by atoms with E-state index in [1.807, 2.05) is 0 Å². The lowest BCUT2D eigenvalue weighted by molar-refractivity contribution is -0.134. The predicted molar refractivity (Wildman–Crippen MR) is 68.8 cm³/mol. The molecule has 19 heavy (non-hydrogen) atoms. The van der Waals surface area contributed by atoms with Crippen molar-refractivity contribution in [2.24, 2.45) is 0 Å². The highest BCUT2D eigenvalue weighted by atomic mass is 19.1. The molecule has 1 aliphatic rings. The topological polar surface area (TPSA) is 40.5 Å². The summed E-state index contributed by atoms with van der Waals surface area (Å²) in [4.78, 5) is 11.2. The van der Waals surface area contributed by atoms with E-state index in [9.17, 15) is 8.78 Å². The Morgan fingerprint density at radius 2 is 1.63 bits per heavy atom. The van der Waals surface area contributed by atoms with Gasteiger partial charge >= 0.3 is 0 Å². The minimum Gasteiger partial charge on any atom is -0.481 e. The van der Waals surface area contributed by atoms with Crippen molar-refractivity contribution in [1.82, 2.24) is 4.90 Å². The number of carboxylic acids is 1. The van der Waals surface area contributed by atoms with Crippen molar-refractivity contribution in [3.05, 3.63) is 35.4 Å². The molecule has 2 rings (SSSR count). The minimum atomic E-state index is -0.833. The van der Waals surface area contributed by atoms with Crippen molar-refractivity contribution in [2.75, 3.05) is 13.1 Å². The van der Waals surface area contributed by atoms with Crippen molar-refractivity contribution in [1.29, 1.82) is 0 Å². The van der Waals surface area contributed by atoms with Crippen LogP contribution in [0.5, 0.6) is 0 Å². The van der Waals surface area contributed by atoms with Crippen LogP contribution in [-0.2, 0) is 11.3 Å². The van der Waals surface area contributed by atoms with Crippen molar-refractivity contribution in [2.45, 2.75) is 32.7 Å². The number of piperidine rings is 1. The fraction of sp³-hybridized carbons (Fsp3) is 0.500. The highest BCUT2D eigenvalue weighted by molar-refractivity contribution is 5.62. The van der Waals surface area contributed by atoms with Crippen LogP contribution in [0.1, 0.15) is 31.7 Å². The number of carboxylic acid groups (broad SMARTS) is 1. The molecule has 106 valence electrons. The first-order valence-electron chi connectivity index (χ1n) is 6.34. The van der Waals surface area contributed by atoms with Crippen LogP contribution in [-0.4, -0.2) is 29.1 Å². The summed E-state index contributed by atoms with van der Waals surface area (Å²) in [6.45, 7) is 3.82. The Hall–Kier alpha value is -1.49. The second-order valence-corrected chi connectivity index (χ2v) is 4.63. The predicted octanol–water partition coefficient (Wildman–Crippen LogP) is 3.04. The van der Waals surface area contributed by atoms with Gasteiger partial charge in [-0.3, -0.25) is 9.69 Å². The van der Waals surface area contributed by atoms with Crippen molar-refractivity contribution in [3.63, 3.8) is 0 Å². The van der Waals surface area contributed by atoms with Gasteiger partial charge < -0.3 is 5.11 Å². The van der Waals surface area contributed by atoms with E-state index in [-0.39, 0.29) is 0 Å². The Morgan fingerprint density at radius 1 is 1.16 bits per heavy atom. The molecule has 0 bridgehead atoms. The van der Waals surface area contributed by atoms with Gasteiger partial charge in [-0.05, 0) is 43.6 Å². The van der Waals surface area contributed by atoms with E-state index in [1.54, 1.807) is 0 Å². The van der Waals surface area contributed by atoms with Gasteiger partial charge in [0.05, 0.1) is 0 Å². The first-order valence-corrected chi connectivity index (χ1v) is 6.34. The third kappa shape index (κ3) is 6.86. The molecule has 3 nitrogen and oxygen atoms in total. The third-order valence-electron chi connectivity index (χ3n) is 2.78. The van der Waals surface area contributed by atoms with E-state index >= 15 is 0 Å². The molecular weight excluding hydrogens is 252 g/mol. The van der Waals surface area contributed by atoms with Crippen molar-refractivity contribution in [3.8, 4) is 0 Å². The van der Waals surface area contributed by atoms with Gasteiger partial charge in [0.25, 0.3) is 5.97 Å². The molecule has 1 heterocycles. The van der Waals surface area contributed by atoms with E-state index in [4.69, 9.17) is 9.90 Å². The second kappa shape index (κ2) is 7.84. The molecule has 0 radical (unpaired) electrons. The first-order chi connectivity index (χ1) is 8.97. The number of hydrogen-bond acceptors (Lipinski definition) is 2. The SMILES string of the molecule is CC(=O)O.Fc1cc(F)cc(CN2CCCCC2)c1. The zero-order valence-corrected chi connectivity index (χ0v) is 11.0. The largest absolute Gasteiger partial charge is 0.481 e. The molecule has 0 spiro atoms. The van der Waals surface area contributed by atoms with Crippen molar-refractivity contribution < 1.29 is 18.7 Å². The molecule has 1 aliphatic heterocycles. The van der Waals surface area contributed by atoms with Crippen LogP contribution in [0.3, 0.4) is 0 Å². The second-order valence-electron chi connectivity index (χ2n) is 4.63. The summed E-state index contributed by atoms with van der Waals surface area (Å²) < 4.78 is 25.8. The van der Waals surface area contributed by atoms with Gasteiger partial charge in [-0.2, -0.15) is 0 Å². The number of aliphatic carboxylic acids is 1. The molecule has 1 N–H and O–H groups in total. The lowest BCUT2D eigenvalue weighted by Gasteiger charge is -2.26. The molecule has 1 aromatic carbocycles. The van der Waals surface area contributed by atoms with Crippen LogP contribution >= 0.6 is 0 Å². The molecule has 1 fully saturated rings. The molecule has 0 saturated carbocycles. The zero-order valence-electron chi connectivity index (χ0n) is 11.0. The molecule has 0 unspecified atom stereocenters. The standard InChI is InChI=1S/C12H15F2N.C2H4O2/c13-11-6-10(7-12(14)8-11)9-15-4-2-1-3-5-15;1-2(3)4/h6-8H,1-5,9H2;1H3,(H,3,4). The summed E-state index contributed by atoms with van der Waals surface area (Å²) in [6, 6.07) is 3.75. The number of likely N-dealkylation sites (tertiary alicyclic amines) is 1. The third-order valence-corrected chi connectivity index (χ3v) is 2.78. The lowest BCUT2D eigenvalue weighted by atomic mass is 10.1. The monoisotopic (exact) mass is 271 g/mol. The van der Waals surface area contributed by atoms with Crippen LogP contribution in [0, 0.1) is 11.6 Å². The summed E-state index contributed by atoms with van der Waals surface area (Å²) in [5, 5.41) is 7.42. The van der Waals surface area contributed by atoms with E-state index < -0.39 is 17.6 Å². The average molecular weight is 271 g/mol. The Bertz CT molecular complexity index is 394. The molecule has 1 aromatic rings. The Labute approximate surface area is 111 Å². The van der Waals surface area contributed by atoms with Gasteiger partial charge in [0, 0.05) is 19.5 Å². The molecule has 0 atom stereocenters. The van der Waals surface area contributed by atoms with Crippen LogP contribution < -0.4 is 0 Å². The summed E-state index contributed by atoms with van der Waals surface area (Å²) >= 11 is 0. The Morgan fingerprint density at radius 3 is 2.11 bits per heavy atom. The van der Waals surface area contributed by atoms with Crippen molar-refractivity contribution >= 4 is 5.97 Å². The van der Waals surface area contributed by atoms with Gasteiger partial charge in [0.2, 0.25) is 0 Å². The first kappa shape index (κ1) is 15.6. The van der Waals surface area contributed by atoms with E-state index in [0.717, 1.165) is 31.6 Å². The maximum Gasteiger partial charge on any atom is 0.300 e. The van der Waals surface area contributed by atoms with Crippen LogP contribution in [0.2, 0.25) is 0 Å². The van der Waals surface area contributed by atoms with Gasteiger partial charge in [0.1, 0.15) is 11.6 Å². The molecule has 1 saturated heterocycles. The summed E-state index contributed by atoms with van der Waals surface area (Å²) in [7, 11) is 0. The van der Waals surface area contributed by atoms with E-state index in [2.05, 4.69) is 4.90 Å². The lowest BCUT2D eigenvalue weighted by Crippen LogP contribution is -2.29. The molecule has 0 amide bonds. The Kier molecular flexibility index (Phi) is 6.42. The van der Waals surface area contributed by atoms with Crippen LogP contribution in [0.4, 0.5) is 8.78 Å². The molecule has 0 aliphatic carbocycles. The number of benzene rings is 1. The number of halogens is 2. The average Bonchev–Trinajstić information content (AvgIpc) is 2.28. The van der Waals surface area contributed by atoms with Gasteiger partial charge in [0.15, 0.2) is 0 Å². The summed E-state index contributed by atoms with van der Waals surface area (Å²) in [6.07, 6.45) is 3.66. The number of rotatable bonds is 2. The molecule has 0 aromatic heterocycles. The smallest absolute Gasteiger partial charge is 0.300 e. The maximum absolute atomic E-state index is 12.9. The zero-order chi connectivity index (χ0) is 14.3. The van der Waals surface area contributed by atoms with Crippen LogP contribution in [0.25, 0.3) is 0 Å². The minimum absolute atomic E-state index is 0.484. The summed E-state index contributed by atoms with van der Waals surface area (Å²) in [5.41, 5.74) is 0.731. The van der Waals surface area contributed by atoms with E-state index in [1.165, 1.54) is 31.4 Å². The van der Waals surface area contributed by atoms with E-state index in [0.29, 0.717) is 6.54 Å². The van der Waals surface area contributed by atoms with Gasteiger partial charge in [-0.25, -0.2) is 8.78 Å². The van der Waals surface area contributed by atoms with Crippen LogP contribution in [0.15, 0.2) is 18.2 Å². The highest BCUT2D eigenvalue weighted by Crippen LogP contribution is 2.14. The number of nitrogens with zero attached hydrogens (tertiary/aromatic N) is 1.